The molecule has 2 aromatic carbocycles. The SMILES string of the molecule is CCCC(C#N)(c1cccc([Si](OCc2cc(C)cc(/C=C/C(C)=O)c2)(C(C)C)C(C)C)c1)C(C)CC. The standard InChI is InChI=1S/C33H47NO2Si/c1-10-17-33(23-34,27(8)11-2)31-13-12-14-32(21-31)37(24(3)4,25(5)6)36-22-30-19-26(7)18-29(20-30)16-15-28(9)35/h12-16,18-21,24-25,27H,10-11,17,22H2,1-9H3/b16-15+. The van der Waals surface area contributed by atoms with Gasteiger partial charge in [0.25, 0.3) is 0 Å². The highest BCUT2D eigenvalue weighted by atomic mass is 28.4. The molecule has 0 saturated heterocycles. The minimum Gasteiger partial charge on any atom is -0.408 e. The molecule has 2 unspecified atom stereocenters. The molecule has 0 aliphatic carbocycles. The molecule has 0 amide bonds. The fourth-order valence-corrected chi connectivity index (χ4v) is 10.6. The molecule has 4 heteroatoms. The van der Waals surface area contributed by atoms with Crippen molar-refractivity contribution in [3.8, 4) is 6.07 Å². The number of allylic oxidation sites excluding steroid dienone is 1. The first-order chi connectivity index (χ1) is 17.5. The molecular weight excluding hydrogens is 470 g/mol. The third kappa shape index (κ3) is 6.89. The van der Waals surface area contributed by atoms with Crippen LogP contribution in [0.4, 0.5) is 0 Å². The Balaban J connectivity index is 2.58. The molecule has 0 fully saturated rings. The van der Waals surface area contributed by atoms with Gasteiger partial charge in [0.05, 0.1) is 18.1 Å². The van der Waals surface area contributed by atoms with Crippen LogP contribution in [0.2, 0.25) is 11.1 Å². The Morgan fingerprint density at radius 1 is 1.08 bits per heavy atom. The van der Waals surface area contributed by atoms with E-state index in [1.807, 2.05) is 6.08 Å². The van der Waals surface area contributed by atoms with E-state index >= 15 is 0 Å². The Bertz CT molecular complexity index is 1120. The predicted molar refractivity (Wildman–Crippen MR) is 159 cm³/mol. The van der Waals surface area contributed by atoms with Crippen molar-refractivity contribution in [1.82, 2.24) is 0 Å². The van der Waals surface area contributed by atoms with Crippen LogP contribution in [0.25, 0.3) is 6.08 Å². The van der Waals surface area contributed by atoms with E-state index in [1.165, 1.54) is 5.19 Å². The van der Waals surface area contributed by atoms with Crippen molar-refractivity contribution in [2.75, 3.05) is 0 Å². The molecule has 200 valence electrons. The Morgan fingerprint density at radius 2 is 1.76 bits per heavy atom. The molecule has 0 aliphatic heterocycles. The number of benzene rings is 2. The van der Waals surface area contributed by atoms with Gasteiger partial charge in [-0.25, -0.2) is 0 Å². The largest absolute Gasteiger partial charge is 0.408 e. The summed E-state index contributed by atoms with van der Waals surface area (Å²) in [4.78, 5) is 11.4. The van der Waals surface area contributed by atoms with Crippen molar-refractivity contribution >= 4 is 25.4 Å². The van der Waals surface area contributed by atoms with Gasteiger partial charge >= 0.3 is 0 Å². The first-order valence-electron chi connectivity index (χ1n) is 13.9. The summed E-state index contributed by atoms with van der Waals surface area (Å²) in [7, 11) is -2.45. The summed E-state index contributed by atoms with van der Waals surface area (Å²) in [5, 5.41) is 11.7. The van der Waals surface area contributed by atoms with Crippen LogP contribution >= 0.6 is 0 Å². The number of aryl methyl sites for hydroxylation is 1. The molecule has 3 nitrogen and oxygen atoms in total. The number of ketones is 1. The monoisotopic (exact) mass is 517 g/mol. The van der Waals surface area contributed by atoms with Crippen LogP contribution in [0.15, 0.2) is 48.5 Å². The third-order valence-corrected chi connectivity index (χ3v) is 13.3. The maximum atomic E-state index is 11.4. The lowest BCUT2D eigenvalue weighted by Crippen LogP contribution is -2.56. The average molecular weight is 518 g/mol. The third-order valence-electron chi connectivity index (χ3n) is 7.99. The minimum atomic E-state index is -2.45. The highest BCUT2D eigenvalue weighted by Gasteiger charge is 2.45. The zero-order chi connectivity index (χ0) is 27.8. The molecule has 2 rings (SSSR count). The summed E-state index contributed by atoms with van der Waals surface area (Å²) in [6, 6.07) is 18.0. The first kappa shape index (κ1) is 30.7. The quantitative estimate of drug-likeness (QED) is 0.198. The van der Waals surface area contributed by atoms with Gasteiger partial charge in [-0.15, -0.1) is 0 Å². The van der Waals surface area contributed by atoms with Gasteiger partial charge in [0.2, 0.25) is 8.32 Å². The minimum absolute atomic E-state index is 0.0409. The summed E-state index contributed by atoms with van der Waals surface area (Å²) < 4.78 is 7.07. The van der Waals surface area contributed by atoms with E-state index in [4.69, 9.17) is 4.43 Å². The van der Waals surface area contributed by atoms with Crippen molar-refractivity contribution in [2.45, 2.75) is 105 Å². The van der Waals surface area contributed by atoms with Gasteiger partial charge in [-0.3, -0.25) is 4.79 Å². The van der Waals surface area contributed by atoms with Crippen LogP contribution in [0, 0.1) is 24.2 Å². The molecule has 0 bridgehead atoms. The van der Waals surface area contributed by atoms with Crippen LogP contribution in [0.3, 0.4) is 0 Å². The molecule has 0 aromatic heterocycles. The summed E-state index contributed by atoms with van der Waals surface area (Å²) in [6.07, 6.45) is 6.30. The second-order valence-electron chi connectivity index (χ2n) is 11.3. The molecule has 0 N–H and O–H groups in total. The van der Waals surface area contributed by atoms with Crippen LogP contribution < -0.4 is 5.19 Å². The summed E-state index contributed by atoms with van der Waals surface area (Å²) in [5.41, 5.74) is 4.66. The molecule has 2 aromatic rings. The first-order valence-corrected chi connectivity index (χ1v) is 16.0. The van der Waals surface area contributed by atoms with E-state index in [0.717, 1.165) is 41.5 Å². The van der Waals surface area contributed by atoms with E-state index < -0.39 is 13.7 Å². The van der Waals surface area contributed by atoms with Gasteiger partial charge in [0, 0.05) is 0 Å². The summed E-state index contributed by atoms with van der Waals surface area (Å²) in [6.45, 7) is 19.9. The number of nitrogens with zero attached hydrogens (tertiary/aromatic N) is 1. The second kappa shape index (κ2) is 13.4. The number of carbonyl (C=O) groups excluding carboxylic acids is 1. The zero-order valence-electron chi connectivity index (χ0n) is 24.5. The number of nitriles is 1. The molecule has 0 radical (unpaired) electrons. The van der Waals surface area contributed by atoms with Gasteiger partial charge in [-0.1, -0.05) is 109 Å². The smallest absolute Gasteiger partial charge is 0.229 e. The average Bonchev–Trinajstić information content (AvgIpc) is 2.85. The van der Waals surface area contributed by atoms with E-state index in [0.29, 0.717) is 17.7 Å². The van der Waals surface area contributed by atoms with Crippen LogP contribution in [0.5, 0.6) is 0 Å². The molecule has 0 aliphatic rings. The molecule has 2 atom stereocenters. The van der Waals surface area contributed by atoms with E-state index in [9.17, 15) is 10.1 Å². The fraction of sp³-hybridized carbons (Fsp3) is 0.515. The van der Waals surface area contributed by atoms with Gasteiger partial charge in [-0.2, -0.15) is 5.26 Å². The normalized spacial score (nSPS) is 14.6. The van der Waals surface area contributed by atoms with E-state index in [2.05, 4.69) is 104 Å². The maximum Gasteiger partial charge on any atom is 0.229 e. The van der Waals surface area contributed by atoms with Crippen molar-refractivity contribution in [1.29, 1.82) is 5.26 Å². The van der Waals surface area contributed by atoms with Crippen LogP contribution in [-0.2, 0) is 21.2 Å². The lowest BCUT2D eigenvalue weighted by atomic mass is 9.68. The number of hydrogen-bond acceptors (Lipinski definition) is 3. The second-order valence-corrected chi connectivity index (χ2v) is 16.1. The van der Waals surface area contributed by atoms with Crippen molar-refractivity contribution in [3.63, 3.8) is 0 Å². The molecule has 0 saturated carbocycles. The lowest BCUT2D eigenvalue weighted by molar-refractivity contribution is -0.112. The molecule has 0 spiro atoms. The topological polar surface area (TPSA) is 50.1 Å². The molecule has 0 heterocycles. The zero-order valence-corrected chi connectivity index (χ0v) is 25.5. The maximum absolute atomic E-state index is 11.4. The Morgan fingerprint density at radius 3 is 2.30 bits per heavy atom. The van der Waals surface area contributed by atoms with Gasteiger partial charge in [-0.05, 0) is 71.3 Å². The van der Waals surface area contributed by atoms with Crippen molar-refractivity contribution < 1.29 is 9.22 Å². The highest BCUT2D eigenvalue weighted by molar-refractivity contribution is 6.88. The summed E-state index contributed by atoms with van der Waals surface area (Å²) >= 11 is 0. The van der Waals surface area contributed by atoms with Gasteiger partial charge in [0.1, 0.15) is 0 Å². The number of hydrogen-bond donors (Lipinski definition) is 0. The predicted octanol–water partition coefficient (Wildman–Crippen LogP) is 8.39. The van der Waals surface area contributed by atoms with E-state index in [-0.39, 0.29) is 11.7 Å². The lowest BCUT2D eigenvalue weighted by Gasteiger charge is -2.40. The number of rotatable bonds is 13. The number of carbonyl (C=O) groups is 1. The van der Waals surface area contributed by atoms with Crippen molar-refractivity contribution in [2.24, 2.45) is 5.92 Å². The fourth-order valence-electron chi connectivity index (χ4n) is 5.93. The van der Waals surface area contributed by atoms with Crippen LogP contribution in [0.1, 0.15) is 96.9 Å². The van der Waals surface area contributed by atoms with Crippen molar-refractivity contribution in [3.05, 3.63) is 70.8 Å². The van der Waals surface area contributed by atoms with E-state index in [1.54, 1.807) is 13.0 Å². The summed E-state index contributed by atoms with van der Waals surface area (Å²) in [5.74, 6) is 0.315. The Labute approximate surface area is 227 Å². The van der Waals surface area contributed by atoms with Gasteiger partial charge < -0.3 is 4.43 Å². The molecule has 37 heavy (non-hydrogen) atoms. The highest BCUT2D eigenvalue weighted by Crippen LogP contribution is 2.40. The Hall–Kier alpha value is -2.48. The van der Waals surface area contributed by atoms with Crippen LogP contribution in [-0.4, -0.2) is 14.1 Å². The Kier molecular flexibility index (Phi) is 11.1. The van der Waals surface area contributed by atoms with Gasteiger partial charge in [0.15, 0.2) is 5.78 Å². The molecular formula is C33H47NO2Si.